The van der Waals surface area contributed by atoms with E-state index in [1.807, 2.05) is 0 Å². The molecule has 0 unspecified atom stereocenters. The summed E-state index contributed by atoms with van der Waals surface area (Å²) >= 11 is 0. The Morgan fingerprint density at radius 2 is 1.74 bits per heavy atom. The van der Waals surface area contributed by atoms with Gasteiger partial charge in [-0.1, -0.05) is 24.3 Å². The number of alkyl halides is 6. The maximum Gasteiger partial charge on any atom is 0.380 e. The van der Waals surface area contributed by atoms with E-state index < -0.39 is 34.3 Å². The van der Waals surface area contributed by atoms with Gasteiger partial charge in [-0.25, -0.2) is 0 Å². The van der Waals surface area contributed by atoms with Crippen molar-refractivity contribution in [2.75, 3.05) is 6.79 Å². The molecule has 3 nitrogen and oxygen atoms in total. The van der Waals surface area contributed by atoms with Gasteiger partial charge >= 0.3 is 17.8 Å². The number of ether oxygens (including phenoxy) is 2. The zero-order chi connectivity index (χ0) is 18.5. The van der Waals surface area contributed by atoms with Crippen LogP contribution in [0.2, 0.25) is 0 Å². The summed E-state index contributed by atoms with van der Waals surface area (Å²) in [7, 11) is 0. The first kappa shape index (κ1) is 18.3. The van der Waals surface area contributed by atoms with Gasteiger partial charge in [0, 0.05) is 31.9 Å². The minimum absolute atomic E-state index is 0. The van der Waals surface area contributed by atoms with Crippen molar-refractivity contribution in [3.63, 3.8) is 0 Å². The SMILES string of the molecule is FC1(F)c2cnc3c(ccc4cc5c([c-]c43)OCO5)c2C(F)(F)C1(F)F.[Ir]. The van der Waals surface area contributed by atoms with E-state index in [0.717, 1.165) is 6.07 Å². The van der Waals surface area contributed by atoms with Gasteiger partial charge in [0.2, 0.25) is 6.79 Å². The molecule has 1 radical (unpaired) electrons. The maximum absolute atomic E-state index is 14.2. The number of hydrogen-bond acceptors (Lipinski definition) is 3. The van der Waals surface area contributed by atoms with Crippen molar-refractivity contribution in [3.8, 4) is 11.5 Å². The molecule has 2 aliphatic rings. The minimum atomic E-state index is -5.55. The Bertz CT molecular complexity index is 1120. The van der Waals surface area contributed by atoms with E-state index in [1.165, 1.54) is 6.07 Å². The number of benzene rings is 2. The van der Waals surface area contributed by atoms with E-state index in [4.69, 9.17) is 9.47 Å². The molecule has 143 valence electrons. The van der Waals surface area contributed by atoms with Crippen LogP contribution in [0.3, 0.4) is 0 Å². The van der Waals surface area contributed by atoms with Crippen molar-refractivity contribution in [2.45, 2.75) is 17.8 Å². The van der Waals surface area contributed by atoms with Crippen LogP contribution in [0, 0.1) is 6.07 Å². The molecule has 0 amide bonds. The molecule has 10 heteroatoms. The average molecular weight is 562 g/mol. The third kappa shape index (κ3) is 2.00. The van der Waals surface area contributed by atoms with Crippen molar-refractivity contribution in [1.82, 2.24) is 4.98 Å². The van der Waals surface area contributed by atoms with Crippen LogP contribution >= 0.6 is 0 Å². The minimum Gasteiger partial charge on any atom is -0.500 e. The predicted molar refractivity (Wildman–Crippen MR) is 76.9 cm³/mol. The Kier molecular flexibility index (Phi) is 3.57. The zero-order valence-corrected chi connectivity index (χ0v) is 15.3. The van der Waals surface area contributed by atoms with E-state index >= 15 is 0 Å². The molecule has 0 saturated heterocycles. The van der Waals surface area contributed by atoms with Crippen LogP contribution in [-0.2, 0) is 32.0 Å². The van der Waals surface area contributed by atoms with Gasteiger partial charge in [0.25, 0.3) is 0 Å². The van der Waals surface area contributed by atoms with Crippen molar-refractivity contribution >= 4 is 21.7 Å². The Morgan fingerprint density at radius 3 is 2.48 bits per heavy atom. The van der Waals surface area contributed by atoms with Gasteiger partial charge in [-0.2, -0.15) is 26.3 Å². The normalized spacial score (nSPS) is 20.5. The smallest absolute Gasteiger partial charge is 0.380 e. The summed E-state index contributed by atoms with van der Waals surface area (Å²) in [6.45, 7) is -0.0561. The van der Waals surface area contributed by atoms with E-state index in [1.54, 1.807) is 6.07 Å². The summed E-state index contributed by atoms with van der Waals surface area (Å²) < 4.78 is 94.2. The average Bonchev–Trinajstić information content (AvgIpc) is 3.08. The molecule has 0 N–H and O–H groups in total. The Labute approximate surface area is 160 Å². The van der Waals surface area contributed by atoms with Gasteiger partial charge < -0.3 is 14.5 Å². The Morgan fingerprint density at radius 1 is 1.00 bits per heavy atom. The van der Waals surface area contributed by atoms with Gasteiger partial charge in [-0.3, -0.25) is 0 Å². The van der Waals surface area contributed by atoms with Crippen molar-refractivity contribution in [3.05, 3.63) is 41.6 Å². The summed E-state index contributed by atoms with van der Waals surface area (Å²) in [5, 5.41) is 0.171. The zero-order valence-electron chi connectivity index (χ0n) is 12.9. The number of hydrogen-bond donors (Lipinski definition) is 0. The molecule has 5 rings (SSSR count). The third-order valence-corrected chi connectivity index (χ3v) is 4.68. The van der Waals surface area contributed by atoms with Gasteiger partial charge in [-0.15, -0.1) is 10.8 Å². The van der Waals surface area contributed by atoms with E-state index in [0.29, 0.717) is 17.3 Å². The molecule has 2 aromatic carbocycles. The second-order valence-electron chi connectivity index (χ2n) is 6.07. The van der Waals surface area contributed by atoms with Crippen molar-refractivity contribution in [1.29, 1.82) is 0 Å². The number of halogens is 6. The number of rotatable bonds is 0. The Hall–Kier alpha value is -2.06. The van der Waals surface area contributed by atoms with E-state index in [2.05, 4.69) is 11.1 Å². The van der Waals surface area contributed by atoms with Crippen LogP contribution in [0.25, 0.3) is 21.7 Å². The fourth-order valence-corrected chi connectivity index (χ4v) is 3.38. The second kappa shape index (κ2) is 5.26. The molecule has 1 aliphatic carbocycles. The summed E-state index contributed by atoms with van der Waals surface area (Å²) in [6, 6.07) is 6.74. The quantitative estimate of drug-likeness (QED) is 0.225. The Balaban J connectivity index is 0.00000180. The molecule has 3 aromatic rings. The molecular weight excluding hydrogens is 556 g/mol. The van der Waals surface area contributed by atoms with Gasteiger partial charge in [0.05, 0.1) is 17.1 Å². The topological polar surface area (TPSA) is 31.4 Å². The van der Waals surface area contributed by atoms with E-state index in [-0.39, 0.29) is 43.6 Å². The first-order chi connectivity index (χ1) is 12.2. The standard InChI is InChI=1S/C17H6F6NO2.Ir/c18-15(19)10-5-24-14-8(13(10)16(20,21)17(15,22)23)2-1-7-3-11-12(4-9(7)14)26-6-25-11;/h1-3,5H,6H2;/q-1;. The fraction of sp³-hybridized carbons (Fsp3) is 0.235. The second-order valence-corrected chi connectivity index (χ2v) is 6.07. The monoisotopic (exact) mass is 563 g/mol. The van der Waals surface area contributed by atoms with Crippen LogP contribution in [-0.4, -0.2) is 17.7 Å². The number of aromatic nitrogens is 1. The van der Waals surface area contributed by atoms with Crippen LogP contribution in [0.15, 0.2) is 24.4 Å². The van der Waals surface area contributed by atoms with Gasteiger partial charge in [0.15, 0.2) is 0 Å². The number of pyridine rings is 1. The molecule has 2 heterocycles. The fourth-order valence-electron chi connectivity index (χ4n) is 3.38. The van der Waals surface area contributed by atoms with Crippen molar-refractivity contribution < 1.29 is 55.9 Å². The molecular formula is C17H6F6IrNO2-. The summed E-state index contributed by atoms with van der Waals surface area (Å²) in [6.07, 6.45) is 0.379. The van der Waals surface area contributed by atoms with Crippen LogP contribution in [0.4, 0.5) is 26.3 Å². The molecule has 0 fully saturated rings. The maximum atomic E-state index is 14.2. The van der Waals surface area contributed by atoms with Crippen LogP contribution < -0.4 is 9.47 Å². The third-order valence-electron chi connectivity index (χ3n) is 4.68. The number of fused-ring (bicyclic) bond motifs is 6. The molecule has 0 bridgehead atoms. The molecule has 1 aromatic heterocycles. The molecule has 0 saturated carbocycles. The molecule has 0 spiro atoms. The van der Waals surface area contributed by atoms with Crippen LogP contribution in [0.1, 0.15) is 11.1 Å². The largest absolute Gasteiger partial charge is 0.500 e. The van der Waals surface area contributed by atoms with Crippen molar-refractivity contribution in [2.24, 2.45) is 0 Å². The molecule has 27 heavy (non-hydrogen) atoms. The summed E-state index contributed by atoms with van der Waals surface area (Å²) in [4.78, 5) is 3.76. The predicted octanol–water partition coefficient (Wildman–Crippen LogP) is 4.75. The van der Waals surface area contributed by atoms with E-state index in [9.17, 15) is 26.3 Å². The van der Waals surface area contributed by atoms with Gasteiger partial charge in [0.1, 0.15) is 0 Å². The van der Waals surface area contributed by atoms with Gasteiger partial charge in [-0.05, 0) is 10.9 Å². The first-order valence-electron chi connectivity index (χ1n) is 7.38. The summed E-state index contributed by atoms with van der Waals surface area (Å²) in [5.74, 6) is -15.0. The summed E-state index contributed by atoms with van der Waals surface area (Å²) in [5.41, 5.74) is -3.03. The first-order valence-corrected chi connectivity index (χ1v) is 7.38. The van der Waals surface area contributed by atoms with Crippen LogP contribution in [0.5, 0.6) is 11.5 Å². The number of nitrogens with zero attached hydrogens (tertiary/aromatic N) is 1. The molecule has 1 aliphatic heterocycles. The molecule has 0 atom stereocenters.